The molecular formula is C11H21N3. The number of hydrogen-bond acceptors (Lipinski definition) is 3. The van der Waals surface area contributed by atoms with E-state index >= 15 is 0 Å². The summed E-state index contributed by atoms with van der Waals surface area (Å²) in [5, 5.41) is 12.4. The number of rotatable bonds is 4. The Bertz CT molecular complexity index is 221. The molecule has 0 radical (unpaired) electrons. The number of nitrogens with one attached hydrogen (secondary N) is 1. The average Bonchev–Trinajstić information content (AvgIpc) is 2.51. The Morgan fingerprint density at radius 2 is 2.36 bits per heavy atom. The van der Waals surface area contributed by atoms with Crippen LogP contribution in [0.4, 0.5) is 0 Å². The quantitative estimate of drug-likeness (QED) is 0.733. The topological polar surface area (TPSA) is 39.1 Å². The highest BCUT2D eigenvalue weighted by Gasteiger charge is 2.28. The van der Waals surface area contributed by atoms with E-state index in [0.29, 0.717) is 0 Å². The molecule has 1 fully saturated rings. The Morgan fingerprint density at radius 3 is 2.79 bits per heavy atom. The minimum absolute atomic E-state index is 0.376. The average molecular weight is 195 g/mol. The maximum Gasteiger partial charge on any atom is 0.116 e. The minimum Gasteiger partial charge on any atom is -0.300 e. The fraction of sp³-hybridized carbons (Fsp3) is 0.909. The molecule has 14 heavy (non-hydrogen) atoms. The Labute approximate surface area is 87.1 Å². The van der Waals surface area contributed by atoms with Crippen LogP contribution in [-0.4, -0.2) is 36.6 Å². The third-order valence-corrected chi connectivity index (χ3v) is 2.86. The predicted molar refractivity (Wildman–Crippen MR) is 57.9 cm³/mol. The van der Waals surface area contributed by atoms with Gasteiger partial charge in [-0.3, -0.25) is 5.32 Å². The van der Waals surface area contributed by atoms with Gasteiger partial charge in [-0.05, 0) is 32.4 Å². The Balaban J connectivity index is 2.45. The van der Waals surface area contributed by atoms with Crippen molar-refractivity contribution in [1.82, 2.24) is 10.2 Å². The lowest BCUT2D eigenvalue weighted by molar-refractivity contribution is 0.257. The molecule has 1 rings (SSSR count). The van der Waals surface area contributed by atoms with Crippen LogP contribution in [0.1, 0.15) is 27.2 Å². The van der Waals surface area contributed by atoms with Crippen LogP contribution in [0.15, 0.2) is 0 Å². The summed E-state index contributed by atoms with van der Waals surface area (Å²) in [7, 11) is 0. The molecule has 2 unspecified atom stereocenters. The number of likely N-dealkylation sites (N-methyl/N-ethyl adjacent to an activating group) is 1. The Hall–Kier alpha value is -0.590. The molecule has 3 heteroatoms. The van der Waals surface area contributed by atoms with E-state index < -0.39 is 0 Å². The van der Waals surface area contributed by atoms with Crippen LogP contribution in [0.2, 0.25) is 0 Å². The molecule has 0 spiro atoms. The van der Waals surface area contributed by atoms with Crippen molar-refractivity contribution >= 4 is 0 Å². The first-order chi connectivity index (χ1) is 6.59. The van der Waals surface area contributed by atoms with Gasteiger partial charge in [-0.1, -0.05) is 13.8 Å². The van der Waals surface area contributed by atoms with Gasteiger partial charge in [0.15, 0.2) is 0 Å². The lowest BCUT2D eigenvalue weighted by Gasteiger charge is -2.28. The van der Waals surface area contributed by atoms with E-state index in [-0.39, 0.29) is 5.54 Å². The molecule has 1 heterocycles. The lowest BCUT2D eigenvalue weighted by atomic mass is 10.0. The first-order valence-electron chi connectivity index (χ1n) is 5.48. The smallest absolute Gasteiger partial charge is 0.116 e. The van der Waals surface area contributed by atoms with Crippen molar-refractivity contribution in [3.8, 4) is 6.07 Å². The summed E-state index contributed by atoms with van der Waals surface area (Å²) in [5.74, 6) is 0.791. The van der Waals surface area contributed by atoms with Crippen molar-refractivity contribution in [3.05, 3.63) is 0 Å². The summed E-state index contributed by atoms with van der Waals surface area (Å²) in [4.78, 5) is 2.39. The maximum absolute atomic E-state index is 9.10. The van der Waals surface area contributed by atoms with Crippen molar-refractivity contribution in [3.63, 3.8) is 0 Å². The molecule has 1 aliphatic heterocycles. The molecule has 1 saturated heterocycles. The molecule has 80 valence electrons. The van der Waals surface area contributed by atoms with Gasteiger partial charge in [0.1, 0.15) is 5.54 Å². The standard InChI is InChI=1S/C11H21N3/c1-4-13-11(3,8-12)9-14-6-5-10(2)7-14/h10,13H,4-7,9H2,1-3H3. The van der Waals surface area contributed by atoms with Crippen LogP contribution in [0.3, 0.4) is 0 Å². The third kappa shape index (κ3) is 2.97. The van der Waals surface area contributed by atoms with E-state index in [4.69, 9.17) is 5.26 Å². The van der Waals surface area contributed by atoms with Gasteiger partial charge >= 0.3 is 0 Å². The molecule has 0 aliphatic carbocycles. The molecule has 2 atom stereocenters. The van der Waals surface area contributed by atoms with Gasteiger partial charge in [0.2, 0.25) is 0 Å². The first kappa shape index (κ1) is 11.5. The molecular weight excluding hydrogens is 174 g/mol. The normalized spacial score (nSPS) is 27.1. The van der Waals surface area contributed by atoms with Crippen LogP contribution in [-0.2, 0) is 0 Å². The maximum atomic E-state index is 9.10. The van der Waals surface area contributed by atoms with E-state index in [2.05, 4.69) is 23.2 Å². The monoisotopic (exact) mass is 195 g/mol. The Kier molecular flexibility index (Phi) is 3.91. The molecule has 3 nitrogen and oxygen atoms in total. The van der Waals surface area contributed by atoms with Crippen LogP contribution < -0.4 is 5.32 Å². The molecule has 1 aliphatic rings. The molecule has 1 N–H and O–H groups in total. The van der Waals surface area contributed by atoms with Crippen molar-refractivity contribution in [1.29, 1.82) is 5.26 Å². The fourth-order valence-corrected chi connectivity index (χ4v) is 2.14. The number of likely N-dealkylation sites (tertiary alicyclic amines) is 1. The fourth-order valence-electron chi connectivity index (χ4n) is 2.14. The van der Waals surface area contributed by atoms with E-state index in [1.165, 1.54) is 6.42 Å². The summed E-state index contributed by atoms with van der Waals surface area (Å²) in [6.07, 6.45) is 1.27. The lowest BCUT2D eigenvalue weighted by Crippen LogP contribution is -2.49. The summed E-state index contributed by atoms with van der Waals surface area (Å²) in [6, 6.07) is 2.37. The summed E-state index contributed by atoms with van der Waals surface area (Å²) in [5.41, 5.74) is -0.376. The van der Waals surface area contributed by atoms with E-state index in [1.54, 1.807) is 0 Å². The van der Waals surface area contributed by atoms with Crippen molar-refractivity contribution in [2.75, 3.05) is 26.2 Å². The molecule has 0 amide bonds. The molecule has 0 saturated carbocycles. The van der Waals surface area contributed by atoms with E-state index in [9.17, 15) is 0 Å². The van der Waals surface area contributed by atoms with Crippen molar-refractivity contribution in [2.45, 2.75) is 32.7 Å². The summed E-state index contributed by atoms with van der Waals surface area (Å²) < 4.78 is 0. The van der Waals surface area contributed by atoms with E-state index in [1.807, 2.05) is 13.8 Å². The zero-order valence-electron chi connectivity index (χ0n) is 9.51. The SMILES string of the molecule is CCNC(C)(C#N)CN1CCC(C)C1. The van der Waals surface area contributed by atoms with Crippen molar-refractivity contribution < 1.29 is 0 Å². The zero-order chi connectivity index (χ0) is 10.6. The number of nitriles is 1. The summed E-state index contributed by atoms with van der Waals surface area (Å²) >= 11 is 0. The van der Waals surface area contributed by atoms with Gasteiger partial charge in [0.05, 0.1) is 6.07 Å². The van der Waals surface area contributed by atoms with Crippen LogP contribution in [0.5, 0.6) is 0 Å². The van der Waals surface area contributed by atoms with Gasteiger partial charge in [-0.15, -0.1) is 0 Å². The third-order valence-electron chi connectivity index (χ3n) is 2.86. The first-order valence-corrected chi connectivity index (χ1v) is 5.48. The van der Waals surface area contributed by atoms with Gasteiger partial charge in [-0.25, -0.2) is 0 Å². The van der Waals surface area contributed by atoms with Gasteiger partial charge in [0, 0.05) is 13.1 Å². The van der Waals surface area contributed by atoms with Crippen LogP contribution in [0.25, 0.3) is 0 Å². The zero-order valence-corrected chi connectivity index (χ0v) is 9.51. The molecule has 0 aromatic heterocycles. The molecule has 0 aromatic rings. The minimum atomic E-state index is -0.376. The highest BCUT2D eigenvalue weighted by Crippen LogP contribution is 2.17. The second-order valence-corrected chi connectivity index (χ2v) is 4.60. The molecule has 0 aromatic carbocycles. The van der Waals surface area contributed by atoms with Crippen LogP contribution >= 0.6 is 0 Å². The van der Waals surface area contributed by atoms with Gasteiger partial charge in [0.25, 0.3) is 0 Å². The predicted octanol–water partition coefficient (Wildman–Crippen LogP) is 1.22. The van der Waals surface area contributed by atoms with Crippen LogP contribution in [0, 0.1) is 17.2 Å². The highest BCUT2D eigenvalue weighted by atomic mass is 15.2. The number of nitrogens with zero attached hydrogens (tertiary/aromatic N) is 2. The Morgan fingerprint density at radius 1 is 1.64 bits per heavy atom. The molecule has 0 bridgehead atoms. The highest BCUT2D eigenvalue weighted by molar-refractivity contribution is 5.06. The van der Waals surface area contributed by atoms with E-state index in [0.717, 1.165) is 32.1 Å². The van der Waals surface area contributed by atoms with Gasteiger partial charge in [-0.2, -0.15) is 5.26 Å². The second kappa shape index (κ2) is 4.77. The largest absolute Gasteiger partial charge is 0.300 e. The summed E-state index contributed by atoms with van der Waals surface area (Å²) in [6.45, 7) is 10.3. The second-order valence-electron chi connectivity index (χ2n) is 4.60. The van der Waals surface area contributed by atoms with Gasteiger partial charge < -0.3 is 4.90 Å². The van der Waals surface area contributed by atoms with Crippen molar-refractivity contribution in [2.24, 2.45) is 5.92 Å². The number of hydrogen-bond donors (Lipinski definition) is 1.